The summed E-state index contributed by atoms with van der Waals surface area (Å²) in [4.78, 5) is 21.2. The summed E-state index contributed by atoms with van der Waals surface area (Å²) in [5.41, 5.74) is 5.52. The molecule has 3 aromatic rings. The molecule has 0 aliphatic rings. The van der Waals surface area contributed by atoms with Crippen LogP contribution in [0.5, 0.6) is 0 Å². The van der Waals surface area contributed by atoms with Gasteiger partial charge in [-0.25, -0.2) is 4.98 Å². The van der Waals surface area contributed by atoms with Crippen molar-refractivity contribution in [3.63, 3.8) is 0 Å². The summed E-state index contributed by atoms with van der Waals surface area (Å²) in [6, 6.07) is 5.95. The van der Waals surface area contributed by atoms with E-state index in [1.54, 1.807) is 23.0 Å². The zero-order valence-electron chi connectivity index (χ0n) is 11.4. The third kappa shape index (κ3) is 3.17. The summed E-state index contributed by atoms with van der Waals surface area (Å²) >= 11 is 3.00. The molecule has 0 unspecified atom stereocenters. The van der Waals surface area contributed by atoms with Crippen LogP contribution < -0.4 is 5.32 Å². The Morgan fingerprint density at radius 3 is 2.95 bits per heavy atom. The van der Waals surface area contributed by atoms with Crippen LogP contribution in [-0.2, 0) is 6.54 Å². The van der Waals surface area contributed by atoms with E-state index in [-0.39, 0.29) is 5.91 Å². The van der Waals surface area contributed by atoms with Gasteiger partial charge in [0.05, 0.1) is 16.9 Å². The molecule has 3 heterocycles. The van der Waals surface area contributed by atoms with Crippen LogP contribution in [0.2, 0.25) is 0 Å². The number of aryl methyl sites for hydroxylation is 1. The molecule has 0 saturated heterocycles. The van der Waals surface area contributed by atoms with Crippen molar-refractivity contribution in [3.05, 3.63) is 56.8 Å². The van der Waals surface area contributed by atoms with Gasteiger partial charge in [-0.15, -0.1) is 11.3 Å². The number of hydrogen-bond donors (Lipinski definition) is 1. The lowest BCUT2D eigenvalue weighted by molar-refractivity contribution is 0.0954. The van der Waals surface area contributed by atoms with Gasteiger partial charge in [-0.05, 0) is 36.1 Å². The fraction of sp³-hybridized carbons (Fsp3) is 0.133. The Bertz CT molecular complexity index is 750. The van der Waals surface area contributed by atoms with E-state index in [1.165, 1.54) is 11.3 Å². The molecule has 0 aliphatic heterocycles. The van der Waals surface area contributed by atoms with Crippen molar-refractivity contribution < 1.29 is 4.79 Å². The number of rotatable bonds is 4. The topological polar surface area (TPSA) is 54.9 Å². The van der Waals surface area contributed by atoms with Crippen LogP contribution in [0.15, 0.2) is 40.7 Å². The quantitative estimate of drug-likeness (QED) is 0.801. The Morgan fingerprint density at radius 2 is 2.24 bits per heavy atom. The first-order valence-corrected chi connectivity index (χ1v) is 8.22. The van der Waals surface area contributed by atoms with Crippen LogP contribution in [-0.4, -0.2) is 15.9 Å². The first-order chi connectivity index (χ1) is 10.2. The zero-order chi connectivity index (χ0) is 14.7. The fourth-order valence-corrected chi connectivity index (χ4v) is 3.30. The second-order valence-corrected chi connectivity index (χ2v) is 6.15. The lowest BCUT2D eigenvalue weighted by Crippen LogP contribution is -2.22. The van der Waals surface area contributed by atoms with Gasteiger partial charge in [0.15, 0.2) is 0 Å². The fourth-order valence-electron chi connectivity index (χ4n) is 1.93. The Labute approximate surface area is 130 Å². The van der Waals surface area contributed by atoms with Gasteiger partial charge in [-0.1, -0.05) is 0 Å². The summed E-state index contributed by atoms with van der Waals surface area (Å²) in [6.45, 7) is 2.32. The number of amides is 1. The molecule has 0 fully saturated rings. The van der Waals surface area contributed by atoms with Crippen molar-refractivity contribution in [2.75, 3.05) is 0 Å². The number of nitrogens with one attached hydrogen (secondary N) is 1. The summed E-state index contributed by atoms with van der Waals surface area (Å²) in [6.07, 6.45) is 1.77. The lowest BCUT2D eigenvalue weighted by atomic mass is 10.1. The smallest absolute Gasteiger partial charge is 0.263 e. The summed E-state index contributed by atoms with van der Waals surface area (Å²) < 4.78 is 0. The van der Waals surface area contributed by atoms with E-state index in [0.717, 1.165) is 22.5 Å². The molecule has 0 radical (unpaired) electrons. The standard InChI is InChI=1S/C15H13N3OS2/c1-10-14(21-9-18-10)15(19)17-7-11-2-4-16-13(6-11)12-3-5-20-8-12/h2-6,8-9H,7H2,1H3,(H,17,19). The first-order valence-electron chi connectivity index (χ1n) is 6.40. The Morgan fingerprint density at radius 1 is 1.33 bits per heavy atom. The molecule has 1 amide bonds. The van der Waals surface area contributed by atoms with Gasteiger partial charge >= 0.3 is 0 Å². The largest absolute Gasteiger partial charge is 0.347 e. The van der Waals surface area contributed by atoms with Crippen molar-refractivity contribution in [2.45, 2.75) is 13.5 Å². The maximum atomic E-state index is 12.1. The molecular weight excluding hydrogens is 302 g/mol. The molecular formula is C15H13N3OS2. The van der Waals surface area contributed by atoms with Gasteiger partial charge in [0.2, 0.25) is 0 Å². The van der Waals surface area contributed by atoms with E-state index >= 15 is 0 Å². The number of aromatic nitrogens is 2. The summed E-state index contributed by atoms with van der Waals surface area (Å²) in [5.74, 6) is -0.0797. The second kappa shape index (κ2) is 6.15. The van der Waals surface area contributed by atoms with Gasteiger partial charge in [0, 0.05) is 23.7 Å². The molecule has 0 atom stereocenters. The molecule has 3 aromatic heterocycles. The van der Waals surface area contributed by atoms with Gasteiger partial charge < -0.3 is 5.32 Å². The van der Waals surface area contributed by atoms with E-state index in [1.807, 2.05) is 30.5 Å². The number of thiophene rings is 1. The van der Waals surface area contributed by atoms with E-state index in [9.17, 15) is 4.79 Å². The normalized spacial score (nSPS) is 10.5. The third-order valence-electron chi connectivity index (χ3n) is 3.05. The van der Waals surface area contributed by atoms with Crippen LogP contribution in [0, 0.1) is 6.92 Å². The van der Waals surface area contributed by atoms with Crippen molar-refractivity contribution in [1.29, 1.82) is 0 Å². The highest BCUT2D eigenvalue weighted by atomic mass is 32.1. The van der Waals surface area contributed by atoms with Crippen LogP contribution in [0.3, 0.4) is 0 Å². The van der Waals surface area contributed by atoms with E-state index in [4.69, 9.17) is 0 Å². The van der Waals surface area contributed by atoms with Crippen molar-refractivity contribution in [3.8, 4) is 11.3 Å². The number of nitrogens with zero attached hydrogens (tertiary/aromatic N) is 2. The minimum absolute atomic E-state index is 0.0797. The minimum atomic E-state index is -0.0797. The van der Waals surface area contributed by atoms with Crippen molar-refractivity contribution in [1.82, 2.24) is 15.3 Å². The molecule has 0 aromatic carbocycles. The Hall–Kier alpha value is -2.05. The molecule has 21 heavy (non-hydrogen) atoms. The lowest BCUT2D eigenvalue weighted by Gasteiger charge is -2.06. The molecule has 0 aliphatic carbocycles. The average Bonchev–Trinajstić information content (AvgIpc) is 3.16. The first kappa shape index (κ1) is 13.9. The number of thiazole rings is 1. The SMILES string of the molecule is Cc1ncsc1C(=O)NCc1ccnc(-c2ccsc2)c1. The minimum Gasteiger partial charge on any atom is -0.347 e. The Balaban J connectivity index is 1.70. The van der Waals surface area contributed by atoms with Crippen LogP contribution in [0.1, 0.15) is 20.9 Å². The van der Waals surface area contributed by atoms with Gasteiger partial charge in [-0.2, -0.15) is 11.3 Å². The number of carbonyl (C=O) groups is 1. The van der Waals surface area contributed by atoms with Gasteiger partial charge in [0.1, 0.15) is 4.88 Å². The monoisotopic (exact) mass is 315 g/mol. The maximum absolute atomic E-state index is 12.1. The highest BCUT2D eigenvalue weighted by Gasteiger charge is 2.11. The predicted octanol–water partition coefficient (Wildman–Crippen LogP) is 3.51. The second-order valence-electron chi connectivity index (χ2n) is 4.51. The maximum Gasteiger partial charge on any atom is 0.263 e. The molecule has 4 nitrogen and oxygen atoms in total. The van der Waals surface area contributed by atoms with E-state index in [0.29, 0.717) is 11.4 Å². The van der Waals surface area contributed by atoms with Crippen LogP contribution in [0.25, 0.3) is 11.3 Å². The van der Waals surface area contributed by atoms with Crippen molar-refractivity contribution in [2.24, 2.45) is 0 Å². The average molecular weight is 315 g/mol. The van der Waals surface area contributed by atoms with E-state index < -0.39 is 0 Å². The molecule has 0 saturated carbocycles. The van der Waals surface area contributed by atoms with Crippen molar-refractivity contribution >= 4 is 28.6 Å². The zero-order valence-corrected chi connectivity index (χ0v) is 13.0. The highest BCUT2D eigenvalue weighted by molar-refractivity contribution is 7.11. The molecule has 106 valence electrons. The van der Waals surface area contributed by atoms with Gasteiger partial charge in [-0.3, -0.25) is 9.78 Å². The van der Waals surface area contributed by atoms with Gasteiger partial charge in [0.25, 0.3) is 5.91 Å². The molecule has 0 spiro atoms. The number of hydrogen-bond acceptors (Lipinski definition) is 5. The van der Waals surface area contributed by atoms with Crippen LogP contribution in [0.4, 0.5) is 0 Å². The van der Waals surface area contributed by atoms with E-state index in [2.05, 4.69) is 20.7 Å². The summed E-state index contributed by atoms with van der Waals surface area (Å²) in [5, 5.41) is 7.01. The molecule has 6 heteroatoms. The third-order valence-corrected chi connectivity index (χ3v) is 4.66. The number of pyridine rings is 1. The molecule has 0 bridgehead atoms. The predicted molar refractivity (Wildman–Crippen MR) is 85.6 cm³/mol. The highest BCUT2D eigenvalue weighted by Crippen LogP contribution is 2.20. The molecule has 1 N–H and O–H groups in total. The number of carbonyl (C=O) groups excluding carboxylic acids is 1. The molecule has 3 rings (SSSR count). The summed E-state index contributed by atoms with van der Waals surface area (Å²) in [7, 11) is 0. The van der Waals surface area contributed by atoms with Crippen LogP contribution >= 0.6 is 22.7 Å². The Kier molecular flexibility index (Phi) is 4.08.